The summed E-state index contributed by atoms with van der Waals surface area (Å²) in [4.78, 5) is 7.26. The number of halogens is 1. The number of aromatic nitrogens is 2. The number of nitrogens with one attached hydrogen (secondary N) is 2. The van der Waals surface area contributed by atoms with Crippen LogP contribution >= 0.6 is 11.6 Å². The summed E-state index contributed by atoms with van der Waals surface area (Å²) in [7, 11) is 0. The lowest BCUT2D eigenvalue weighted by molar-refractivity contribution is 0.539. The Hall–Kier alpha value is -2.20. The molecule has 0 aliphatic heterocycles. The maximum Gasteiger partial charge on any atom is 0.181 e. The molecule has 25 heavy (non-hydrogen) atoms. The number of benzene rings is 1. The number of aryl methyl sites for hydroxylation is 1. The third kappa shape index (κ3) is 5.40. The normalized spacial score (nSPS) is 9.68. The summed E-state index contributed by atoms with van der Waals surface area (Å²) >= 11 is 6.24. The molecule has 0 aliphatic carbocycles. The van der Waals surface area contributed by atoms with E-state index in [-0.39, 0.29) is 0 Å². The maximum atomic E-state index is 6.24. The van der Waals surface area contributed by atoms with Gasteiger partial charge in [-0.05, 0) is 30.2 Å². The van der Waals surface area contributed by atoms with E-state index in [9.17, 15) is 0 Å². The van der Waals surface area contributed by atoms with Gasteiger partial charge in [-0.1, -0.05) is 52.8 Å². The number of hydrogen-bond acceptors (Lipinski definition) is 3. The zero-order valence-corrected chi connectivity index (χ0v) is 16.5. The van der Waals surface area contributed by atoms with E-state index in [4.69, 9.17) is 16.0 Å². The summed E-state index contributed by atoms with van der Waals surface area (Å²) in [6, 6.07) is 6.19. The van der Waals surface area contributed by atoms with Crippen molar-refractivity contribution in [2.24, 2.45) is 0 Å². The van der Waals surface area contributed by atoms with Crippen LogP contribution in [-0.4, -0.2) is 9.97 Å². The van der Waals surface area contributed by atoms with Crippen molar-refractivity contribution in [1.82, 2.24) is 15.3 Å². The number of hydrogen-bond donors (Lipinski definition) is 2. The molecule has 1 aromatic carbocycles. The molecule has 0 atom stereocenters. The second-order valence-electron chi connectivity index (χ2n) is 4.88. The van der Waals surface area contributed by atoms with E-state index in [0.717, 1.165) is 33.6 Å². The minimum Gasteiger partial charge on any atom is -0.442 e. The second-order valence-corrected chi connectivity index (χ2v) is 5.28. The summed E-state index contributed by atoms with van der Waals surface area (Å²) in [6.07, 6.45) is 3.94. The van der Waals surface area contributed by atoms with Crippen LogP contribution in [0.15, 0.2) is 41.8 Å². The number of rotatable bonds is 5. The van der Waals surface area contributed by atoms with E-state index in [1.807, 2.05) is 33.8 Å². The molecule has 0 aliphatic rings. The molecule has 2 N–H and O–H groups in total. The molecule has 0 spiro atoms. The lowest BCUT2D eigenvalue weighted by Crippen LogP contribution is -2.10. The highest BCUT2D eigenvalue weighted by atomic mass is 35.5. The van der Waals surface area contributed by atoms with E-state index >= 15 is 0 Å². The van der Waals surface area contributed by atoms with Gasteiger partial charge in [0.1, 0.15) is 0 Å². The van der Waals surface area contributed by atoms with Crippen LogP contribution in [0.5, 0.6) is 0 Å². The van der Waals surface area contributed by atoms with Crippen LogP contribution in [-0.2, 0) is 13.0 Å². The Morgan fingerprint density at radius 2 is 1.96 bits per heavy atom. The molecule has 0 saturated carbocycles. The van der Waals surface area contributed by atoms with Gasteiger partial charge in [-0.3, -0.25) is 0 Å². The molecule has 0 radical (unpaired) electrons. The largest absolute Gasteiger partial charge is 0.442 e. The zero-order chi connectivity index (χ0) is 18.8. The quantitative estimate of drug-likeness (QED) is 0.570. The smallest absolute Gasteiger partial charge is 0.181 e. The summed E-state index contributed by atoms with van der Waals surface area (Å²) in [5.74, 6) is 0.641. The monoisotopic (exact) mass is 361 g/mol. The molecule has 0 amide bonds. The number of oxazole rings is 1. The summed E-state index contributed by atoms with van der Waals surface area (Å²) in [6.45, 7) is 14.7. The standard InChI is InChI=1S/C16H16ClN3O.2C2H6/c1-3-11-6-15-12(5-14(11)17)4-13(20-15)7-19-10(2)16-8-18-9-21-16;2*1-2/h4-6,8-9,19-20H,2-3,7H2,1H3;2*1-2H3. The van der Waals surface area contributed by atoms with E-state index in [1.54, 1.807) is 6.20 Å². The van der Waals surface area contributed by atoms with E-state index in [0.29, 0.717) is 18.0 Å². The van der Waals surface area contributed by atoms with Crippen molar-refractivity contribution in [3.05, 3.63) is 59.4 Å². The van der Waals surface area contributed by atoms with Crippen molar-refractivity contribution in [1.29, 1.82) is 0 Å². The van der Waals surface area contributed by atoms with Gasteiger partial charge in [0.05, 0.1) is 18.4 Å². The van der Waals surface area contributed by atoms with Gasteiger partial charge in [-0.15, -0.1) is 0 Å². The molecule has 4 nitrogen and oxygen atoms in total. The molecule has 2 heterocycles. The molecule has 3 aromatic rings. The zero-order valence-electron chi connectivity index (χ0n) is 15.7. The van der Waals surface area contributed by atoms with Crippen LogP contribution in [0.2, 0.25) is 5.02 Å². The fourth-order valence-electron chi connectivity index (χ4n) is 2.28. The van der Waals surface area contributed by atoms with E-state index in [2.05, 4.69) is 40.9 Å². The Morgan fingerprint density at radius 1 is 1.24 bits per heavy atom. The van der Waals surface area contributed by atoms with Gasteiger partial charge >= 0.3 is 0 Å². The molecule has 0 fully saturated rings. The third-order valence-corrected chi connectivity index (χ3v) is 3.80. The number of fused-ring (bicyclic) bond motifs is 1. The predicted molar refractivity (Wildman–Crippen MR) is 108 cm³/mol. The van der Waals surface area contributed by atoms with Gasteiger partial charge in [-0.2, -0.15) is 0 Å². The fourth-order valence-corrected chi connectivity index (χ4v) is 2.58. The van der Waals surface area contributed by atoms with Crippen LogP contribution in [0.4, 0.5) is 0 Å². The van der Waals surface area contributed by atoms with Gasteiger partial charge in [0, 0.05) is 21.6 Å². The van der Waals surface area contributed by atoms with Crippen LogP contribution in [0.1, 0.15) is 51.6 Å². The molecular weight excluding hydrogens is 334 g/mol. The molecular formula is C20H28ClN3O. The van der Waals surface area contributed by atoms with Gasteiger partial charge in [0.2, 0.25) is 0 Å². The number of aromatic amines is 1. The van der Waals surface area contributed by atoms with Crippen molar-refractivity contribution in [2.75, 3.05) is 0 Å². The minimum atomic E-state index is 0.632. The molecule has 136 valence electrons. The third-order valence-electron chi connectivity index (χ3n) is 3.45. The number of nitrogens with zero attached hydrogens (tertiary/aromatic N) is 1. The molecule has 0 bridgehead atoms. The Labute approximate surface area is 155 Å². The molecule has 0 saturated heterocycles. The molecule has 5 heteroatoms. The Bertz CT molecular complexity index is 776. The fraction of sp³-hybridized carbons (Fsp3) is 0.350. The number of H-pyrrole nitrogens is 1. The average Bonchev–Trinajstić information content (AvgIpc) is 3.31. The van der Waals surface area contributed by atoms with Crippen LogP contribution in [0.25, 0.3) is 16.6 Å². The van der Waals surface area contributed by atoms with Crippen molar-refractivity contribution in [2.45, 2.75) is 47.6 Å². The lowest BCUT2D eigenvalue weighted by atomic mass is 10.1. The first kappa shape index (κ1) is 20.8. The van der Waals surface area contributed by atoms with E-state index in [1.165, 1.54) is 6.39 Å². The Morgan fingerprint density at radius 3 is 2.56 bits per heavy atom. The summed E-state index contributed by atoms with van der Waals surface area (Å²) in [5.41, 5.74) is 4.02. The van der Waals surface area contributed by atoms with Crippen LogP contribution in [0.3, 0.4) is 0 Å². The Balaban J connectivity index is 0.000000730. The van der Waals surface area contributed by atoms with Gasteiger partial charge in [-0.25, -0.2) is 4.98 Å². The van der Waals surface area contributed by atoms with Gasteiger partial charge in [0.25, 0.3) is 0 Å². The highest BCUT2D eigenvalue weighted by Gasteiger charge is 2.07. The first-order valence-corrected chi connectivity index (χ1v) is 9.17. The van der Waals surface area contributed by atoms with Gasteiger partial charge in [0.15, 0.2) is 12.2 Å². The van der Waals surface area contributed by atoms with Gasteiger partial charge < -0.3 is 14.7 Å². The van der Waals surface area contributed by atoms with Crippen LogP contribution < -0.4 is 5.32 Å². The molecule has 0 unspecified atom stereocenters. The van der Waals surface area contributed by atoms with Crippen molar-refractivity contribution in [3.8, 4) is 0 Å². The highest BCUT2D eigenvalue weighted by molar-refractivity contribution is 6.32. The van der Waals surface area contributed by atoms with Crippen LogP contribution in [0, 0.1) is 0 Å². The molecule has 3 rings (SSSR count). The van der Waals surface area contributed by atoms with Crippen molar-refractivity contribution < 1.29 is 4.42 Å². The van der Waals surface area contributed by atoms with E-state index < -0.39 is 0 Å². The maximum absolute atomic E-state index is 6.24. The first-order chi connectivity index (χ1) is 12.2. The first-order valence-electron chi connectivity index (χ1n) is 8.79. The predicted octanol–water partition coefficient (Wildman–Crippen LogP) is 6.18. The highest BCUT2D eigenvalue weighted by Crippen LogP contribution is 2.25. The summed E-state index contributed by atoms with van der Waals surface area (Å²) in [5, 5.41) is 5.14. The lowest BCUT2D eigenvalue weighted by Gasteiger charge is -2.04. The SMILES string of the molecule is C=C(NCc1cc2cc(Cl)c(CC)cc2[nH]1)c1cnco1.CC.CC. The van der Waals surface area contributed by atoms with Crippen molar-refractivity contribution in [3.63, 3.8) is 0 Å². The minimum absolute atomic E-state index is 0.632. The Kier molecular flexibility index (Phi) is 8.86. The topological polar surface area (TPSA) is 53.9 Å². The summed E-state index contributed by atoms with van der Waals surface area (Å²) < 4.78 is 5.19. The average molecular weight is 362 g/mol. The molecule has 2 aromatic heterocycles. The second kappa shape index (κ2) is 10.6. The van der Waals surface area contributed by atoms with Crippen molar-refractivity contribution >= 4 is 28.2 Å².